The molecule has 0 saturated heterocycles. The van der Waals surface area contributed by atoms with Gasteiger partial charge >= 0.3 is 0 Å². The van der Waals surface area contributed by atoms with Gasteiger partial charge in [-0.15, -0.1) is 10.2 Å². The maximum absolute atomic E-state index is 4.74. The fraction of sp³-hybridized carbons (Fsp3) is 0.217. The van der Waals surface area contributed by atoms with Gasteiger partial charge in [0.2, 0.25) is 5.82 Å². The Hall–Kier alpha value is -3.06. The predicted octanol–water partition coefficient (Wildman–Crippen LogP) is 5.58. The molecule has 1 N–H and O–H groups in total. The molecule has 152 valence electrons. The fourth-order valence-corrected chi connectivity index (χ4v) is 4.24. The predicted molar refractivity (Wildman–Crippen MR) is 124 cm³/mol. The summed E-state index contributed by atoms with van der Waals surface area (Å²) in [4.78, 5) is 6.93. The van der Waals surface area contributed by atoms with E-state index in [1.54, 1.807) is 0 Å². The van der Waals surface area contributed by atoms with Crippen molar-refractivity contribution in [1.82, 2.24) is 25.6 Å². The monoisotopic (exact) mass is 462 g/mol. The van der Waals surface area contributed by atoms with Crippen LogP contribution in [0.5, 0.6) is 0 Å². The highest BCUT2D eigenvalue weighted by Gasteiger charge is 2.15. The van der Waals surface area contributed by atoms with Gasteiger partial charge in [0.25, 0.3) is 0 Å². The van der Waals surface area contributed by atoms with E-state index in [4.69, 9.17) is 4.98 Å². The average molecular weight is 463 g/mol. The number of halogens is 1. The Kier molecular flexibility index (Phi) is 5.90. The second kappa shape index (κ2) is 8.75. The molecule has 4 rings (SSSR count). The zero-order chi connectivity index (χ0) is 21.1. The zero-order valence-electron chi connectivity index (χ0n) is 17.2. The molecular weight excluding hydrogens is 440 g/mol. The number of hydrogen-bond donors (Lipinski definition) is 1. The summed E-state index contributed by atoms with van der Waals surface area (Å²) in [6.45, 7) is 4.27. The molecule has 0 atom stereocenters. The van der Waals surface area contributed by atoms with Crippen molar-refractivity contribution in [3.63, 3.8) is 0 Å². The first-order chi connectivity index (χ1) is 14.6. The summed E-state index contributed by atoms with van der Waals surface area (Å²) in [5.74, 6) is 0.590. The second-order valence-electron chi connectivity index (χ2n) is 6.99. The number of hydrogen-bond acceptors (Lipinski definition) is 5. The molecule has 0 unspecified atom stereocenters. The van der Waals surface area contributed by atoms with Crippen LogP contribution < -0.4 is 4.90 Å². The van der Waals surface area contributed by atoms with Gasteiger partial charge in [0.15, 0.2) is 0 Å². The number of aromatic nitrogens is 5. The highest BCUT2D eigenvalue weighted by Crippen LogP contribution is 2.36. The van der Waals surface area contributed by atoms with Crippen molar-refractivity contribution in [3.05, 3.63) is 70.5 Å². The molecule has 2 heterocycles. The van der Waals surface area contributed by atoms with Gasteiger partial charge in [0.05, 0.1) is 15.9 Å². The third-order valence-corrected chi connectivity index (χ3v) is 6.06. The van der Waals surface area contributed by atoms with Crippen LogP contribution in [0.4, 0.5) is 11.4 Å². The van der Waals surface area contributed by atoms with E-state index in [9.17, 15) is 0 Å². The smallest absolute Gasteiger partial charge is 0.205 e. The molecule has 2 aromatic carbocycles. The maximum atomic E-state index is 4.74. The van der Waals surface area contributed by atoms with Crippen LogP contribution >= 0.6 is 15.9 Å². The van der Waals surface area contributed by atoms with Crippen LogP contribution in [0.2, 0.25) is 0 Å². The Balaban J connectivity index is 1.69. The molecule has 0 aliphatic carbocycles. The summed E-state index contributed by atoms with van der Waals surface area (Å²) in [5.41, 5.74) is 7.53. The lowest BCUT2D eigenvalue weighted by Gasteiger charge is -2.23. The van der Waals surface area contributed by atoms with Gasteiger partial charge in [-0.2, -0.15) is 5.21 Å². The zero-order valence-corrected chi connectivity index (χ0v) is 18.8. The van der Waals surface area contributed by atoms with Crippen LogP contribution in [0.25, 0.3) is 22.5 Å². The van der Waals surface area contributed by atoms with Crippen molar-refractivity contribution in [2.45, 2.75) is 26.7 Å². The first kappa shape index (κ1) is 20.2. The molecule has 0 bridgehead atoms. The quantitative estimate of drug-likeness (QED) is 0.404. The third kappa shape index (κ3) is 3.85. The number of aryl methyl sites for hydroxylation is 2. The van der Waals surface area contributed by atoms with Gasteiger partial charge in [-0.3, -0.25) is 4.98 Å². The summed E-state index contributed by atoms with van der Waals surface area (Å²) >= 11 is 3.76. The highest BCUT2D eigenvalue weighted by molar-refractivity contribution is 9.10. The Labute approximate surface area is 184 Å². The number of aromatic amines is 1. The van der Waals surface area contributed by atoms with Crippen molar-refractivity contribution in [3.8, 4) is 22.5 Å². The van der Waals surface area contributed by atoms with E-state index in [0.29, 0.717) is 5.82 Å². The molecule has 7 heteroatoms. The summed E-state index contributed by atoms with van der Waals surface area (Å²) < 4.78 is 1.05. The van der Waals surface area contributed by atoms with Crippen LogP contribution in [0.15, 0.2) is 59.1 Å². The largest absolute Gasteiger partial charge is 0.344 e. The van der Waals surface area contributed by atoms with E-state index in [2.05, 4.69) is 98.7 Å². The minimum Gasteiger partial charge on any atom is -0.344 e. The van der Waals surface area contributed by atoms with Crippen LogP contribution in [-0.2, 0) is 12.8 Å². The molecule has 0 spiro atoms. The average Bonchev–Trinajstić information content (AvgIpc) is 3.34. The lowest BCUT2D eigenvalue weighted by atomic mass is 9.99. The molecule has 0 fully saturated rings. The second-order valence-corrected chi connectivity index (χ2v) is 7.78. The number of nitrogens with one attached hydrogen (secondary N) is 1. The van der Waals surface area contributed by atoms with E-state index in [0.717, 1.165) is 56.8 Å². The van der Waals surface area contributed by atoms with Crippen LogP contribution in [0.3, 0.4) is 0 Å². The number of benzene rings is 2. The molecule has 0 aliphatic rings. The van der Waals surface area contributed by atoms with E-state index in [1.165, 1.54) is 0 Å². The van der Waals surface area contributed by atoms with Gasteiger partial charge in [-0.1, -0.05) is 50.2 Å². The van der Waals surface area contributed by atoms with Crippen LogP contribution in [0, 0.1) is 0 Å². The molecule has 2 aromatic heterocycles. The Morgan fingerprint density at radius 2 is 1.70 bits per heavy atom. The van der Waals surface area contributed by atoms with Gasteiger partial charge in [0, 0.05) is 24.0 Å². The minimum atomic E-state index is 0.590. The maximum Gasteiger partial charge on any atom is 0.205 e. The SMILES string of the molecule is CCc1cc(N(C)c2ccc(-c3ccccc3-c3nn[nH]n3)cc2)c(Br)c(CC)n1. The van der Waals surface area contributed by atoms with E-state index in [1.807, 2.05) is 18.2 Å². The Bertz CT molecular complexity index is 1140. The van der Waals surface area contributed by atoms with Gasteiger partial charge < -0.3 is 4.90 Å². The fourth-order valence-electron chi connectivity index (χ4n) is 3.49. The van der Waals surface area contributed by atoms with E-state index < -0.39 is 0 Å². The lowest BCUT2D eigenvalue weighted by Crippen LogP contribution is -2.12. The molecule has 0 radical (unpaired) electrons. The summed E-state index contributed by atoms with van der Waals surface area (Å²) in [5, 5.41) is 14.5. The number of tetrazole rings is 1. The number of H-pyrrole nitrogens is 1. The topological polar surface area (TPSA) is 70.6 Å². The molecule has 0 aliphatic heterocycles. The molecule has 4 aromatic rings. The first-order valence-electron chi connectivity index (χ1n) is 9.97. The Morgan fingerprint density at radius 1 is 0.967 bits per heavy atom. The molecule has 0 saturated carbocycles. The summed E-state index contributed by atoms with van der Waals surface area (Å²) in [7, 11) is 2.08. The standard InChI is InChI=1S/C23H23BrN6/c1-4-16-14-21(22(24)20(5-2)25-16)30(3)17-12-10-15(11-13-17)18-8-6-7-9-19(18)23-26-28-29-27-23/h6-14H,4-5H2,1-3H3,(H,26,27,28,29). The summed E-state index contributed by atoms with van der Waals surface area (Å²) in [6.07, 6.45) is 1.80. The normalized spacial score (nSPS) is 10.9. The van der Waals surface area contributed by atoms with Gasteiger partial charge in [-0.25, -0.2) is 0 Å². The number of pyridine rings is 1. The third-order valence-electron chi connectivity index (χ3n) is 5.20. The van der Waals surface area contributed by atoms with Crippen LogP contribution in [0.1, 0.15) is 25.2 Å². The van der Waals surface area contributed by atoms with Crippen molar-refractivity contribution >= 4 is 27.3 Å². The molecular formula is C23H23BrN6. The first-order valence-corrected chi connectivity index (χ1v) is 10.8. The molecule has 6 nitrogen and oxygen atoms in total. The number of rotatable bonds is 6. The number of nitrogens with zero attached hydrogens (tertiary/aromatic N) is 5. The van der Waals surface area contributed by atoms with Crippen molar-refractivity contribution in [2.75, 3.05) is 11.9 Å². The Morgan fingerprint density at radius 3 is 2.33 bits per heavy atom. The minimum absolute atomic E-state index is 0.590. The van der Waals surface area contributed by atoms with Crippen molar-refractivity contribution < 1.29 is 0 Å². The van der Waals surface area contributed by atoms with Gasteiger partial charge in [-0.05, 0) is 63.3 Å². The van der Waals surface area contributed by atoms with Gasteiger partial charge in [0.1, 0.15) is 0 Å². The summed E-state index contributed by atoms with van der Waals surface area (Å²) in [6, 6.07) is 18.8. The van der Waals surface area contributed by atoms with Crippen LogP contribution in [-0.4, -0.2) is 32.7 Å². The van der Waals surface area contributed by atoms with E-state index in [-0.39, 0.29) is 0 Å². The van der Waals surface area contributed by atoms with Crippen molar-refractivity contribution in [1.29, 1.82) is 0 Å². The molecule has 30 heavy (non-hydrogen) atoms. The molecule has 0 amide bonds. The highest BCUT2D eigenvalue weighted by atomic mass is 79.9. The lowest BCUT2D eigenvalue weighted by molar-refractivity contribution is 0.881. The number of anilines is 2. The van der Waals surface area contributed by atoms with Crippen molar-refractivity contribution in [2.24, 2.45) is 0 Å². The van der Waals surface area contributed by atoms with E-state index >= 15 is 0 Å².